The number of aliphatic hydroxyl groups excluding tert-OH is 1. The molecule has 0 radical (unpaired) electrons. The number of aliphatic hydroxyl groups is 1. The van der Waals surface area contributed by atoms with Crippen molar-refractivity contribution in [2.75, 3.05) is 32.2 Å². The zero-order valence-electron chi connectivity index (χ0n) is 15.8. The van der Waals surface area contributed by atoms with Crippen LogP contribution < -0.4 is 10.2 Å². The van der Waals surface area contributed by atoms with Gasteiger partial charge in [-0.25, -0.2) is 0 Å². The zero-order valence-corrected chi connectivity index (χ0v) is 15.8. The fraction of sp³-hybridized carbons (Fsp3) is 0.400. The first kappa shape index (κ1) is 19.1. The van der Waals surface area contributed by atoms with E-state index in [-0.39, 0.29) is 19.0 Å². The van der Waals surface area contributed by atoms with Gasteiger partial charge in [-0.15, -0.1) is 0 Å². The van der Waals surface area contributed by atoms with Crippen molar-refractivity contribution in [3.05, 3.63) is 41.7 Å². The lowest BCUT2D eigenvalue weighted by Crippen LogP contribution is -2.37. The molecule has 27 heavy (non-hydrogen) atoms. The van der Waals surface area contributed by atoms with Crippen LogP contribution in [0.5, 0.6) is 5.75 Å². The molecule has 1 aliphatic rings. The lowest BCUT2D eigenvalue weighted by Gasteiger charge is -2.23. The molecule has 1 aromatic heterocycles. The first-order valence-corrected chi connectivity index (χ1v) is 8.99. The molecule has 144 valence electrons. The molecule has 2 atom stereocenters. The van der Waals surface area contributed by atoms with Gasteiger partial charge in [0.05, 0.1) is 19.3 Å². The summed E-state index contributed by atoms with van der Waals surface area (Å²) in [6.07, 6.45) is 3.36. The summed E-state index contributed by atoms with van der Waals surface area (Å²) < 4.78 is 5.26. The van der Waals surface area contributed by atoms with Crippen LogP contribution in [0.4, 0.5) is 5.69 Å². The average Bonchev–Trinajstić information content (AvgIpc) is 2.96. The molecule has 0 saturated carbocycles. The second-order valence-electron chi connectivity index (χ2n) is 6.55. The number of pyridine rings is 1. The number of benzene rings is 1. The Morgan fingerprint density at radius 1 is 1.44 bits per heavy atom. The molecule has 2 unspecified atom stereocenters. The van der Waals surface area contributed by atoms with Gasteiger partial charge < -0.3 is 25.2 Å². The summed E-state index contributed by atoms with van der Waals surface area (Å²) in [6, 6.07) is 5.08. The molecular weight excluding hydrogens is 346 g/mol. The average molecular weight is 371 g/mol. The molecule has 1 aromatic carbocycles. The number of nitrogens with one attached hydrogen (secondary N) is 1. The standard InChI is InChI=1S/C20H25N3O4/c1-4-27-20(26)18-16(11-24)23(3)15-8-13(12-6-5-7-22-9-12)19(25)14(10-21-2)17(15)18/h5-9,16,18,21,24-25H,4,10-11H2,1-3H3. The highest BCUT2D eigenvalue weighted by Gasteiger charge is 2.44. The van der Waals surface area contributed by atoms with E-state index in [1.807, 2.05) is 24.1 Å². The largest absolute Gasteiger partial charge is 0.507 e. The van der Waals surface area contributed by atoms with E-state index in [4.69, 9.17) is 4.74 Å². The van der Waals surface area contributed by atoms with Crippen LogP contribution in [0.3, 0.4) is 0 Å². The fourth-order valence-electron chi connectivity index (χ4n) is 3.79. The molecule has 3 rings (SSSR count). The number of ether oxygens (including phenoxy) is 1. The molecule has 0 amide bonds. The molecule has 0 saturated heterocycles. The third kappa shape index (κ3) is 3.24. The van der Waals surface area contributed by atoms with Crippen molar-refractivity contribution in [2.45, 2.75) is 25.4 Å². The Hall–Kier alpha value is -2.64. The molecule has 2 aromatic rings. The van der Waals surface area contributed by atoms with Crippen molar-refractivity contribution in [1.82, 2.24) is 10.3 Å². The topological polar surface area (TPSA) is 94.9 Å². The summed E-state index contributed by atoms with van der Waals surface area (Å²) in [4.78, 5) is 18.7. The van der Waals surface area contributed by atoms with Gasteiger partial charge in [0, 0.05) is 53.9 Å². The van der Waals surface area contributed by atoms with Crippen molar-refractivity contribution < 1.29 is 19.7 Å². The van der Waals surface area contributed by atoms with E-state index >= 15 is 0 Å². The van der Waals surface area contributed by atoms with Gasteiger partial charge in [-0.05, 0) is 26.1 Å². The van der Waals surface area contributed by atoms with Crippen molar-refractivity contribution in [3.63, 3.8) is 0 Å². The number of likely N-dealkylation sites (N-methyl/N-ethyl adjacent to an activating group) is 1. The highest BCUT2D eigenvalue weighted by molar-refractivity contribution is 5.90. The minimum Gasteiger partial charge on any atom is -0.507 e. The van der Waals surface area contributed by atoms with E-state index in [2.05, 4.69) is 10.3 Å². The van der Waals surface area contributed by atoms with E-state index in [1.165, 1.54) is 0 Å². The number of carbonyl (C=O) groups excluding carboxylic acids is 1. The van der Waals surface area contributed by atoms with Crippen molar-refractivity contribution in [2.24, 2.45) is 0 Å². The Morgan fingerprint density at radius 3 is 2.81 bits per heavy atom. The van der Waals surface area contributed by atoms with Gasteiger partial charge >= 0.3 is 5.97 Å². The summed E-state index contributed by atoms with van der Waals surface area (Å²) in [5.74, 6) is -0.947. The lowest BCUT2D eigenvalue weighted by atomic mass is 9.88. The molecule has 0 aliphatic carbocycles. The van der Waals surface area contributed by atoms with Gasteiger partial charge in [0.15, 0.2) is 0 Å². The maximum Gasteiger partial charge on any atom is 0.315 e. The summed E-state index contributed by atoms with van der Waals surface area (Å²) in [5, 5.41) is 24.0. The normalized spacial score (nSPS) is 18.4. The molecule has 0 spiro atoms. The van der Waals surface area contributed by atoms with Crippen LogP contribution in [0.1, 0.15) is 24.0 Å². The molecule has 0 bridgehead atoms. The third-order valence-electron chi connectivity index (χ3n) is 5.05. The SMILES string of the molecule is CCOC(=O)C1c2c(cc(-c3cccnc3)c(O)c2CNC)N(C)C1CO. The highest BCUT2D eigenvalue weighted by Crippen LogP contribution is 2.49. The summed E-state index contributed by atoms with van der Waals surface area (Å²) in [5.41, 5.74) is 3.56. The predicted molar refractivity (Wildman–Crippen MR) is 103 cm³/mol. The van der Waals surface area contributed by atoms with E-state index in [0.717, 1.165) is 11.3 Å². The zero-order chi connectivity index (χ0) is 19.6. The maximum absolute atomic E-state index is 12.7. The smallest absolute Gasteiger partial charge is 0.315 e. The van der Waals surface area contributed by atoms with Gasteiger partial charge in [0.2, 0.25) is 0 Å². The molecule has 2 heterocycles. The molecule has 7 heteroatoms. The number of hydrogen-bond donors (Lipinski definition) is 3. The minimum atomic E-state index is -0.660. The first-order valence-electron chi connectivity index (χ1n) is 8.99. The Morgan fingerprint density at radius 2 is 2.22 bits per heavy atom. The first-order chi connectivity index (χ1) is 13.0. The van der Waals surface area contributed by atoms with Crippen LogP contribution in [0.15, 0.2) is 30.6 Å². The van der Waals surface area contributed by atoms with Crippen LogP contribution in [0.2, 0.25) is 0 Å². The van der Waals surface area contributed by atoms with E-state index in [1.54, 1.807) is 32.4 Å². The number of anilines is 1. The molecule has 1 aliphatic heterocycles. The molecule has 0 fully saturated rings. The minimum absolute atomic E-state index is 0.109. The van der Waals surface area contributed by atoms with Crippen LogP contribution >= 0.6 is 0 Å². The number of hydrogen-bond acceptors (Lipinski definition) is 7. The van der Waals surface area contributed by atoms with Crippen LogP contribution in [-0.2, 0) is 16.1 Å². The van der Waals surface area contributed by atoms with Gasteiger partial charge in [-0.2, -0.15) is 0 Å². The van der Waals surface area contributed by atoms with E-state index in [0.29, 0.717) is 23.2 Å². The number of phenols is 1. The number of nitrogens with zero attached hydrogens (tertiary/aromatic N) is 2. The maximum atomic E-state index is 12.7. The number of esters is 1. The van der Waals surface area contributed by atoms with Gasteiger partial charge in [0.1, 0.15) is 11.7 Å². The van der Waals surface area contributed by atoms with Gasteiger partial charge in [-0.1, -0.05) is 6.07 Å². The molecular formula is C20H25N3O4. The Kier molecular flexibility index (Phi) is 5.62. The van der Waals surface area contributed by atoms with Crippen molar-refractivity contribution in [3.8, 4) is 16.9 Å². The Balaban J connectivity index is 2.24. The van der Waals surface area contributed by atoms with Crippen LogP contribution in [0.25, 0.3) is 11.1 Å². The lowest BCUT2D eigenvalue weighted by molar-refractivity contribution is -0.145. The summed E-state index contributed by atoms with van der Waals surface area (Å²) >= 11 is 0. The summed E-state index contributed by atoms with van der Waals surface area (Å²) in [6.45, 7) is 2.19. The second-order valence-corrected chi connectivity index (χ2v) is 6.55. The highest BCUT2D eigenvalue weighted by atomic mass is 16.5. The number of aromatic hydroxyl groups is 1. The Bertz CT molecular complexity index is 826. The Labute approximate surface area is 158 Å². The van der Waals surface area contributed by atoms with Crippen molar-refractivity contribution >= 4 is 11.7 Å². The third-order valence-corrected chi connectivity index (χ3v) is 5.05. The number of rotatable bonds is 6. The molecule has 3 N–H and O–H groups in total. The second kappa shape index (κ2) is 7.94. The molecule has 7 nitrogen and oxygen atoms in total. The number of phenolic OH excluding ortho intramolecular Hbond substituents is 1. The van der Waals surface area contributed by atoms with E-state index in [9.17, 15) is 15.0 Å². The van der Waals surface area contributed by atoms with Crippen molar-refractivity contribution in [1.29, 1.82) is 0 Å². The van der Waals surface area contributed by atoms with E-state index < -0.39 is 17.9 Å². The predicted octanol–water partition coefficient (Wildman–Crippen LogP) is 1.63. The number of fused-ring (bicyclic) bond motifs is 1. The number of carbonyl (C=O) groups is 1. The fourth-order valence-corrected chi connectivity index (χ4v) is 3.79. The number of aromatic nitrogens is 1. The quantitative estimate of drug-likeness (QED) is 0.664. The van der Waals surface area contributed by atoms with Gasteiger partial charge in [-0.3, -0.25) is 9.78 Å². The summed E-state index contributed by atoms with van der Waals surface area (Å²) in [7, 11) is 3.62. The van der Waals surface area contributed by atoms with Crippen LogP contribution in [0, 0.1) is 0 Å². The van der Waals surface area contributed by atoms with Crippen LogP contribution in [-0.4, -0.2) is 54.5 Å². The monoisotopic (exact) mass is 371 g/mol. The van der Waals surface area contributed by atoms with Gasteiger partial charge in [0.25, 0.3) is 0 Å².